The maximum absolute atomic E-state index is 14.2. The van der Waals surface area contributed by atoms with Gasteiger partial charge < -0.3 is 15.2 Å². The van der Waals surface area contributed by atoms with E-state index in [1.165, 1.54) is 30.3 Å². The third-order valence-corrected chi connectivity index (χ3v) is 4.56. The fourth-order valence-electron chi connectivity index (χ4n) is 2.57. The van der Waals surface area contributed by atoms with Gasteiger partial charge in [0.2, 0.25) is 5.95 Å². The normalized spacial score (nSPS) is 12.0. The van der Waals surface area contributed by atoms with Gasteiger partial charge in [0.05, 0.1) is 15.7 Å². The van der Waals surface area contributed by atoms with Crippen molar-refractivity contribution >= 4 is 44.4 Å². The molecule has 1 heterocycles. The third kappa shape index (κ3) is 4.46. The second-order valence-corrected chi connectivity index (χ2v) is 7.16. The van der Waals surface area contributed by atoms with E-state index in [0.29, 0.717) is 29.3 Å². The number of aromatic nitrogens is 2. The van der Waals surface area contributed by atoms with Crippen molar-refractivity contribution in [3.8, 4) is 0 Å². The van der Waals surface area contributed by atoms with Crippen LogP contribution in [0, 0.1) is 11.6 Å². The Hall–Kier alpha value is -2.56. The highest BCUT2D eigenvalue weighted by atomic mass is 79.9. The molecule has 0 atom stereocenters. The summed E-state index contributed by atoms with van der Waals surface area (Å²) in [6, 6.07) is 6.89. The number of hydroxylamine groups is 1. The Morgan fingerprint density at radius 1 is 1.25 bits per heavy atom. The van der Waals surface area contributed by atoms with Crippen LogP contribution < -0.4 is 10.8 Å². The lowest BCUT2D eigenvalue weighted by Gasteiger charge is -2.09. The summed E-state index contributed by atoms with van der Waals surface area (Å²) in [5.41, 5.74) is 3.32. The summed E-state index contributed by atoms with van der Waals surface area (Å²) in [4.78, 5) is 13.5. The minimum absolute atomic E-state index is 0.0620. The minimum Gasteiger partial charge on any atom is -0.355 e. The van der Waals surface area contributed by atoms with Crippen molar-refractivity contribution < 1.29 is 14.0 Å². The molecule has 0 radical (unpaired) electrons. The van der Waals surface area contributed by atoms with Gasteiger partial charge in [-0.25, -0.2) is 18.8 Å². The fraction of sp³-hybridized carbons (Fsp3) is 0.222. The van der Waals surface area contributed by atoms with Gasteiger partial charge in [0.15, 0.2) is 11.7 Å². The molecule has 4 N–H and O–H groups in total. The van der Waals surface area contributed by atoms with Crippen LogP contribution in [-0.2, 0) is 0 Å². The molecule has 148 valence electrons. The molecule has 2 aromatic carbocycles. The zero-order valence-corrected chi connectivity index (χ0v) is 16.8. The summed E-state index contributed by atoms with van der Waals surface area (Å²) in [6.45, 7) is 1.39. The van der Waals surface area contributed by atoms with Crippen LogP contribution in [0.3, 0.4) is 0 Å². The first-order valence-corrected chi connectivity index (χ1v) is 9.19. The predicted octanol–water partition coefficient (Wildman–Crippen LogP) is 3.63. The Morgan fingerprint density at radius 3 is 2.68 bits per heavy atom. The number of benzene rings is 2. The number of aromatic amines is 1. The molecular formula is C18H19BrF2N6O. The zero-order chi connectivity index (χ0) is 20.3. The minimum atomic E-state index is -0.502. The number of H-pyrrole nitrogens is 1. The maximum Gasteiger partial charge on any atom is 0.201 e. The summed E-state index contributed by atoms with van der Waals surface area (Å²) in [5.74, 6) is -0.460. The lowest BCUT2D eigenvalue weighted by atomic mass is 10.1. The molecule has 0 aliphatic rings. The zero-order valence-electron chi connectivity index (χ0n) is 15.2. The van der Waals surface area contributed by atoms with Crippen molar-refractivity contribution in [2.75, 3.05) is 32.5 Å². The van der Waals surface area contributed by atoms with Gasteiger partial charge >= 0.3 is 0 Å². The largest absolute Gasteiger partial charge is 0.355 e. The van der Waals surface area contributed by atoms with Crippen LogP contribution >= 0.6 is 15.9 Å². The van der Waals surface area contributed by atoms with E-state index in [4.69, 9.17) is 0 Å². The highest BCUT2D eigenvalue weighted by Gasteiger charge is 2.16. The van der Waals surface area contributed by atoms with Crippen molar-refractivity contribution in [2.45, 2.75) is 0 Å². The Bertz CT molecular complexity index is 1020. The van der Waals surface area contributed by atoms with Gasteiger partial charge in [0.25, 0.3) is 0 Å². The van der Waals surface area contributed by atoms with Crippen LogP contribution in [0.1, 0.15) is 5.56 Å². The molecule has 0 spiro atoms. The Balaban J connectivity index is 2.00. The molecule has 0 saturated heterocycles. The summed E-state index contributed by atoms with van der Waals surface area (Å²) >= 11 is 3.10. The quantitative estimate of drug-likeness (QED) is 0.260. The number of nitrogens with one attached hydrogen (secondary N) is 3. The summed E-state index contributed by atoms with van der Waals surface area (Å²) < 4.78 is 27.9. The number of aliphatic imine (C=N–C) groups is 1. The van der Waals surface area contributed by atoms with Crippen molar-refractivity contribution in [1.82, 2.24) is 20.3 Å². The molecule has 0 aliphatic carbocycles. The number of imidazole rings is 1. The van der Waals surface area contributed by atoms with Crippen LogP contribution in [0.2, 0.25) is 0 Å². The highest BCUT2D eigenvalue weighted by Crippen LogP contribution is 2.25. The van der Waals surface area contributed by atoms with E-state index >= 15 is 0 Å². The molecule has 0 bridgehead atoms. The topological polar surface area (TPSA) is 88.6 Å². The SMILES string of the molecule is CN(C)CCNc1nc2c(F)ccc(C(=Nc3ccc(F)c(Br)c3)NO)c2[nH]1. The standard InChI is InChI=1S/C18H19BrF2N6O/c1-27(2)8-7-22-18-24-15-11(4-6-14(21)16(15)25-18)17(26-28)23-10-3-5-13(20)12(19)9-10/h3-6,9,28H,7-8H2,1-2H3,(H,23,26)(H2,22,24,25). The third-order valence-electron chi connectivity index (χ3n) is 3.95. The summed E-state index contributed by atoms with van der Waals surface area (Å²) in [5, 5.41) is 12.7. The van der Waals surface area contributed by atoms with E-state index < -0.39 is 11.6 Å². The molecule has 28 heavy (non-hydrogen) atoms. The van der Waals surface area contributed by atoms with Crippen LogP contribution in [-0.4, -0.2) is 53.1 Å². The number of amidine groups is 1. The first-order valence-electron chi connectivity index (χ1n) is 8.40. The van der Waals surface area contributed by atoms with Crippen molar-refractivity contribution in [3.63, 3.8) is 0 Å². The van der Waals surface area contributed by atoms with E-state index in [2.05, 4.69) is 36.2 Å². The van der Waals surface area contributed by atoms with Gasteiger partial charge in [-0.2, -0.15) is 0 Å². The Labute approximate surface area is 168 Å². The molecule has 3 aromatic rings. The number of nitrogens with zero attached hydrogens (tertiary/aromatic N) is 3. The number of fused-ring (bicyclic) bond motifs is 1. The Morgan fingerprint density at radius 2 is 2.00 bits per heavy atom. The van der Waals surface area contributed by atoms with Crippen molar-refractivity contribution in [3.05, 3.63) is 52.0 Å². The Kier molecular flexibility index (Phi) is 6.22. The van der Waals surface area contributed by atoms with Gasteiger partial charge in [-0.1, -0.05) is 0 Å². The van der Waals surface area contributed by atoms with E-state index in [-0.39, 0.29) is 15.8 Å². The number of rotatable bonds is 6. The van der Waals surface area contributed by atoms with Crippen LogP contribution in [0.5, 0.6) is 0 Å². The average molecular weight is 453 g/mol. The molecule has 3 rings (SSSR count). The molecule has 0 unspecified atom stereocenters. The van der Waals surface area contributed by atoms with E-state index in [0.717, 1.165) is 6.54 Å². The second kappa shape index (κ2) is 8.63. The van der Waals surface area contributed by atoms with Crippen molar-refractivity contribution in [2.24, 2.45) is 4.99 Å². The maximum atomic E-state index is 14.2. The van der Waals surface area contributed by atoms with Crippen LogP contribution in [0.4, 0.5) is 20.4 Å². The van der Waals surface area contributed by atoms with Gasteiger partial charge in [-0.05, 0) is 60.4 Å². The predicted molar refractivity (Wildman–Crippen MR) is 108 cm³/mol. The fourth-order valence-corrected chi connectivity index (χ4v) is 2.93. The second-order valence-electron chi connectivity index (χ2n) is 6.30. The van der Waals surface area contributed by atoms with E-state index in [1.807, 2.05) is 24.5 Å². The number of hydrogen-bond acceptors (Lipinski definition) is 5. The number of likely N-dealkylation sites (N-methyl/N-ethyl adjacent to an activating group) is 1. The van der Waals surface area contributed by atoms with Gasteiger partial charge in [0.1, 0.15) is 11.3 Å². The molecule has 10 heteroatoms. The number of hydrogen-bond donors (Lipinski definition) is 4. The highest BCUT2D eigenvalue weighted by molar-refractivity contribution is 9.10. The monoisotopic (exact) mass is 452 g/mol. The summed E-state index contributed by atoms with van der Waals surface area (Å²) in [6.07, 6.45) is 0. The van der Waals surface area contributed by atoms with Crippen LogP contribution in [0.15, 0.2) is 39.8 Å². The molecule has 0 amide bonds. The first-order chi connectivity index (χ1) is 13.4. The average Bonchev–Trinajstić information content (AvgIpc) is 3.08. The van der Waals surface area contributed by atoms with Gasteiger partial charge in [-0.3, -0.25) is 10.7 Å². The molecule has 0 aliphatic heterocycles. The first kappa shape index (κ1) is 20.2. The van der Waals surface area contributed by atoms with Crippen molar-refractivity contribution in [1.29, 1.82) is 0 Å². The number of halogens is 3. The van der Waals surface area contributed by atoms with Gasteiger partial charge in [0, 0.05) is 18.7 Å². The molecule has 1 aromatic heterocycles. The lowest BCUT2D eigenvalue weighted by molar-refractivity contribution is 0.235. The molecule has 0 saturated carbocycles. The van der Waals surface area contributed by atoms with E-state index in [1.54, 1.807) is 0 Å². The smallest absolute Gasteiger partial charge is 0.201 e. The lowest BCUT2D eigenvalue weighted by Crippen LogP contribution is -2.21. The van der Waals surface area contributed by atoms with Crippen LogP contribution in [0.25, 0.3) is 11.0 Å². The molecule has 0 fully saturated rings. The van der Waals surface area contributed by atoms with Gasteiger partial charge in [-0.15, -0.1) is 0 Å². The van der Waals surface area contributed by atoms with E-state index in [9.17, 15) is 14.0 Å². The molecule has 7 nitrogen and oxygen atoms in total. The number of anilines is 1. The summed E-state index contributed by atoms with van der Waals surface area (Å²) in [7, 11) is 3.89. The molecular weight excluding hydrogens is 434 g/mol.